The van der Waals surface area contributed by atoms with E-state index in [9.17, 15) is 0 Å². The van der Waals surface area contributed by atoms with E-state index in [0.717, 1.165) is 12.8 Å². The van der Waals surface area contributed by atoms with Crippen molar-refractivity contribution in [3.05, 3.63) is 78.7 Å². The highest BCUT2D eigenvalue weighted by Crippen LogP contribution is 2.42. The first-order valence-electron chi connectivity index (χ1n) is 7.12. The summed E-state index contributed by atoms with van der Waals surface area (Å²) in [5.74, 6) is 0.541. The molecule has 0 saturated carbocycles. The third-order valence-electron chi connectivity index (χ3n) is 4.13. The SMILES string of the molecule is [CH2]CCC(c1ccccc1)(c1ccccc1)C(C)C. The van der Waals surface area contributed by atoms with Crippen LogP contribution in [0, 0.1) is 12.8 Å². The molecule has 0 saturated heterocycles. The van der Waals surface area contributed by atoms with Gasteiger partial charge in [0.15, 0.2) is 0 Å². The molecule has 19 heavy (non-hydrogen) atoms. The van der Waals surface area contributed by atoms with Crippen molar-refractivity contribution in [2.75, 3.05) is 0 Å². The largest absolute Gasteiger partial charge is 0.0622 e. The zero-order chi connectivity index (χ0) is 13.7. The van der Waals surface area contributed by atoms with Gasteiger partial charge in [-0.2, -0.15) is 0 Å². The molecule has 0 nitrogen and oxygen atoms in total. The van der Waals surface area contributed by atoms with Crippen LogP contribution in [0.25, 0.3) is 0 Å². The van der Waals surface area contributed by atoms with E-state index >= 15 is 0 Å². The monoisotopic (exact) mass is 251 g/mol. The highest BCUT2D eigenvalue weighted by Gasteiger charge is 2.36. The van der Waals surface area contributed by atoms with Crippen LogP contribution >= 0.6 is 0 Å². The topological polar surface area (TPSA) is 0 Å². The van der Waals surface area contributed by atoms with Crippen LogP contribution in [0.3, 0.4) is 0 Å². The zero-order valence-electron chi connectivity index (χ0n) is 12.0. The molecule has 0 atom stereocenters. The van der Waals surface area contributed by atoms with Gasteiger partial charge >= 0.3 is 0 Å². The molecule has 0 unspecified atom stereocenters. The lowest BCUT2D eigenvalue weighted by Gasteiger charge is -2.39. The van der Waals surface area contributed by atoms with Gasteiger partial charge in [-0.1, -0.05) is 87.9 Å². The predicted molar refractivity (Wildman–Crippen MR) is 83.1 cm³/mol. The van der Waals surface area contributed by atoms with E-state index in [1.807, 2.05) is 0 Å². The van der Waals surface area contributed by atoms with Crippen LogP contribution in [-0.2, 0) is 5.41 Å². The first kappa shape index (κ1) is 13.9. The maximum absolute atomic E-state index is 4.10. The first-order valence-corrected chi connectivity index (χ1v) is 7.12. The van der Waals surface area contributed by atoms with Crippen LogP contribution in [0.15, 0.2) is 60.7 Å². The van der Waals surface area contributed by atoms with E-state index in [1.54, 1.807) is 0 Å². The van der Waals surface area contributed by atoms with Gasteiger partial charge < -0.3 is 0 Å². The highest BCUT2D eigenvalue weighted by molar-refractivity contribution is 5.40. The van der Waals surface area contributed by atoms with Crippen molar-refractivity contribution in [2.45, 2.75) is 32.1 Å². The quantitative estimate of drug-likeness (QED) is 0.681. The molecule has 0 heterocycles. The Kier molecular flexibility index (Phi) is 4.42. The van der Waals surface area contributed by atoms with Gasteiger partial charge in [0.2, 0.25) is 0 Å². The van der Waals surface area contributed by atoms with Crippen LogP contribution in [0.1, 0.15) is 37.8 Å². The summed E-state index contributed by atoms with van der Waals surface area (Å²) in [4.78, 5) is 0. The third-order valence-corrected chi connectivity index (χ3v) is 4.13. The predicted octanol–water partition coefficient (Wildman–Crippen LogP) is 5.24. The molecular formula is C19H23. The molecule has 0 aromatic heterocycles. The Morgan fingerprint density at radius 1 is 0.842 bits per heavy atom. The fourth-order valence-corrected chi connectivity index (χ4v) is 3.16. The minimum Gasteiger partial charge on any atom is -0.0622 e. The average Bonchev–Trinajstić information content (AvgIpc) is 2.46. The van der Waals surface area contributed by atoms with E-state index in [-0.39, 0.29) is 5.41 Å². The maximum Gasteiger partial charge on any atom is 0.0225 e. The first-order chi connectivity index (χ1) is 9.21. The molecule has 2 aromatic rings. The molecule has 1 radical (unpaired) electrons. The van der Waals surface area contributed by atoms with Gasteiger partial charge in [-0.3, -0.25) is 0 Å². The van der Waals surface area contributed by atoms with Gasteiger partial charge in [-0.25, -0.2) is 0 Å². The van der Waals surface area contributed by atoms with Gasteiger partial charge in [0.25, 0.3) is 0 Å². The Morgan fingerprint density at radius 2 is 1.26 bits per heavy atom. The van der Waals surface area contributed by atoms with Crippen molar-refractivity contribution in [1.82, 2.24) is 0 Å². The molecule has 0 bridgehead atoms. The molecule has 99 valence electrons. The fraction of sp³-hybridized carbons (Fsp3) is 0.316. The van der Waals surface area contributed by atoms with Crippen LogP contribution in [0.4, 0.5) is 0 Å². The number of benzene rings is 2. The molecule has 0 heteroatoms. The summed E-state index contributed by atoms with van der Waals surface area (Å²) in [5, 5.41) is 0. The van der Waals surface area contributed by atoms with Crippen LogP contribution in [0.5, 0.6) is 0 Å². The summed E-state index contributed by atoms with van der Waals surface area (Å²) in [6.45, 7) is 8.73. The van der Waals surface area contributed by atoms with E-state index in [4.69, 9.17) is 0 Å². The summed E-state index contributed by atoms with van der Waals surface area (Å²) in [5.41, 5.74) is 2.88. The molecule has 0 N–H and O–H groups in total. The summed E-state index contributed by atoms with van der Waals surface area (Å²) < 4.78 is 0. The number of hydrogen-bond donors (Lipinski definition) is 0. The molecular weight excluding hydrogens is 228 g/mol. The molecule has 2 aromatic carbocycles. The van der Waals surface area contributed by atoms with Crippen LogP contribution in [-0.4, -0.2) is 0 Å². The summed E-state index contributed by atoms with van der Waals surface area (Å²) in [6, 6.07) is 21.7. The summed E-state index contributed by atoms with van der Waals surface area (Å²) in [6.07, 6.45) is 2.03. The van der Waals surface area contributed by atoms with E-state index in [1.165, 1.54) is 11.1 Å². The second kappa shape index (κ2) is 6.06. The lowest BCUT2D eigenvalue weighted by molar-refractivity contribution is 0.347. The molecule has 0 aliphatic heterocycles. The number of rotatable bonds is 5. The Bertz CT molecular complexity index is 442. The third kappa shape index (κ3) is 2.58. The molecule has 0 amide bonds. The van der Waals surface area contributed by atoms with Crippen molar-refractivity contribution < 1.29 is 0 Å². The minimum atomic E-state index is 0.0737. The van der Waals surface area contributed by atoms with Crippen molar-refractivity contribution >= 4 is 0 Å². The molecule has 0 fully saturated rings. The van der Waals surface area contributed by atoms with Crippen molar-refractivity contribution in [2.24, 2.45) is 5.92 Å². The maximum atomic E-state index is 4.10. The second-order valence-electron chi connectivity index (χ2n) is 5.46. The second-order valence-corrected chi connectivity index (χ2v) is 5.46. The summed E-state index contributed by atoms with van der Waals surface area (Å²) in [7, 11) is 0. The lowest BCUT2D eigenvalue weighted by Crippen LogP contribution is -2.33. The molecule has 0 spiro atoms. The van der Waals surface area contributed by atoms with Gasteiger partial charge in [0, 0.05) is 5.41 Å². The Morgan fingerprint density at radius 3 is 1.58 bits per heavy atom. The average molecular weight is 251 g/mol. The van der Waals surface area contributed by atoms with E-state index in [0.29, 0.717) is 5.92 Å². The number of hydrogen-bond acceptors (Lipinski definition) is 0. The Balaban J connectivity index is 2.61. The standard InChI is InChI=1S/C19H23/c1-4-15-19(16(2)3,17-11-7-5-8-12-17)18-13-9-6-10-14-18/h5-14,16H,1,4,15H2,2-3H3. The lowest BCUT2D eigenvalue weighted by atomic mass is 9.64. The fourth-order valence-electron chi connectivity index (χ4n) is 3.16. The van der Waals surface area contributed by atoms with Crippen molar-refractivity contribution in [3.63, 3.8) is 0 Å². The smallest absolute Gasteiger partial charge is 0.0225 e. The van der Waals surface area contributed by atoms with Crippen molar-refractivity contribution in [1.29, 1.82) is 0 Å². The van der Waals surface area contributed by atoms with Gasteiger partial charge in [-0.15, -0.1) is 0 Å². The van der Waals surface area contributed by atoms with Gasteiger partial charge in [-0.05, 0) is 23.5 Å². The Hall–Kier alpha value is -1.56. The highest BCUT2D eigenvalue weighted by atomic mass is 14.4. The normalized spacial score (nSPS) is 11.8. The zero-order valence-corrected chi connectivity index (χ0v) is 12.0. The Labute approximate surface area is 117 Å². The molecule has 2 rings (SSSR count). The van der Waals surface area contributed by atoms with E-state index in [2.05, 4.69) is 81.4 Å². The molecule has 0 aliphatic rings. The van der Waals surface area contributed by atoms with Gasteiger partial charge in [0.1, 0.15) is 0 Å². The van der Waals surface area contributed by atoms with Crippen LogP contribution in [0.2, 0.25) is 0 Å². The van der Waals surface area contributed by atoms with Crippen LogP contribution < -0.4 is 0 Å². The van der Waals surface area contributed by atoms with Crippen molar-refractivity contribution in [3.8, 4) is 0 Å². The summed E-state index contributed by atoms with van der Waals surface area (Å²) >= 11 is 0. The minimum absolute atomic E-state index is 0.0737. The van der Waals surface area contributed by atoms with Gasteiger partial charge in [0.05, 0.1) is 0 Å². The molecule has 0 aliphatic carbocycles. The van der Waals surface area contributed by atoms with E-state index < -0.39 is 0 Å².